The second-order valence-electron chi connectivity index (χ2n) is 8.30. The van der Waals surface area contributed by atoms with Crippen molar-refractivity contribution in [2.24, 2.45) is 20.5 Å². The molecule has 174 valence electrons. The average molecular weight is 456 g/mol. The summed E-state index contributed by atoms with van der Waals surface area (Å²) in [5.41, 5.74) is 6.72. The molecule has 1 aliphatic heterocycles. The first-order valence-electron chi connectivity index (χ1n) is 11.6. The second kappa shape index (κ2) is 10.8. The highest BCUT2D eigenvalue weighted by Gasteiger charge is 2.12. The van der Waals surface area contributed by atoms with Crippen molar-refractivity contribution in [3.05, 3.63) is 77.4 Å². The summed E-state index contributed by atoms with van der Waals surface area (Å²) in [5, 5.41) is 17.6. The summed E-state index contributed by atoms with van der Waals surface area (Å²) in [6.07, 6.45) is 2.52. The second-order valence-corrected chi connectivity index (χ2v) is 8.30. The normalized spacial score (nSPS) is 13.8. The lowest BCUT2D eigenvalue weighted by atomic mass is 10.1. The number of hydrogen-bond acceptors (Lipinski definition) is 7. The van der Waals surface area contributed by atoms with Crippen LogP contribution in [0.3, 0.4) is 0 Å². The molecule has 0 N–H and O–H groups in total. The van der Waals surface area contributed by atoms with Crippen molar-refractivity contribution >= 4 is 34.4 Å². The van der Waals surface area contributed by atoms with Crippen molar-refractivity contribution in [1.82, 2.24) is 0 Å². The van der Waals surface area contributed by atoms with Crippen LogP contribution in [0.4, 0.5) is 28.4 Å². The predicted molar refractivity (Wildman–Crippen MR) is 135 cm³/mol. The fourth-order valence-corrected chi connectivity index (χ4v) is 3.81. The fraction of sp³-hybridized carbons (Fsp3) is 0.296. The van der Waals surface area contributed by atoms with Crippen LogP contribution in [0, 0.1) is 13.8 Å². The molecule has 7 nitrogen and oxygen atoms in total. The van der Waals surface area contributed by atoms with Crippen molar-refractivity contribution in [2.75, 3.05) is 24.6 Å². The van der Waals surface area contributed by atoms with Gasteiger partial charge in [-0.2, -0.15) is 20.5 Å². The molecule has 1 fully saturated rings. The molecular formula is C27H29N5O2. The van der Waals surface area contributed by atoms with Gasteiger partial charge in [0.25, 0.3) is 0 Å². The van der Waals surface area contributed by atoms with Crippen molar-refractivity contribution < 1.29 is 9.53 Å². The Balaban J connectivity index is 1.43. The number of carbonyl (C=O) groups excluding carboxylic acids is 1. The Kier molecular flexibility index (Phi) is 7.42. The van der Waals surface area contributed by atoms with Crippen LogP contribution < -0.4 is 4.90 Å². The molecule has 0 saturated carbocycles. The first-order chi connectivity index (χ1) is 16.5. The number of ether oxygens (including phenoxy) is 1. The number of anilines is 1. The number of hydrogen-bond donors (Lipinski definition) is 0. The molecule has 3 aromatic rings. The van der Waals surface area contributed by atoms with Crippen LogP contribution in [0.25, 0.3) is 0 Å². The molecule has 0 aromatic heterocycles. The van der Waals surface area contributed by atoms with Gasteiger partial charge < -0.3 is 9.64 Å². The first kappa shape index (κ1) is 23.3. The molecule has 0 amide bonds. The zero-order chi connectivity index (χ0) is 23.9. The Hall–Kier alpha value is -3.87. The molecule has 1 aliphatic rings. The smallest absolute Gasteiger partial charge is 0.338 e. The van der Waals surface area contributed by atoms with Crippen molar-refractivity contribution in [3.63, 3.8) is 0 Å². The third kappa shape index (κ3) is 5.73. The van der Waals surface area contributed by atoms with Crippen molar-refractivity contribution in [1.29, 1.82) is 0 Å². The summed E-state index contributed by atoms with van der Waals surface area (Å²) < 4.78 is 5.00. The van der Waals surface area contributed by atoms with Crippen LogP contribution in [-0.4, -0.2) is 25.7 Å². The maximum Gasteiger partial charge on any atom is 0.338 e. The topological polar surface area (TPSA) is 79.0 Å². The number of carbonyl (C=O) groups is 1. The summed E-state index contributed by atoms with van der Waals surface area (Å²) in [6.45, 7) is 8.34. The van der Waals surface area contributed by atoms with Crippen molar-refractivity contribution in [3.8, 4) is 0 Å². The van der Waals surface area contributed by atoms with Crippen LogP contribution in [-0.2, 0) is 4.74 Å². The van der Waals surface area contributed by atoms with Crippen molar-refractivity contribution in [2.45, 2.75) is 33.6 Å². The molecule has 7 heteroatoms. The van der Waals surface area contributed by atoms with E-state index in [0.717, 1.165) is 41.3 Å². The highest BCUT2D eigenvalue weighted by Crippen LogP contribution is 2.31. The van der Waals surface area contributed by atoms with Gasteiger partial charge in [0.1, 0.15) is 0 Å². The molecule has 34 heavy (non-hydrogen) atoms. The molecule has 4 rings (SSSR count). The molecule has 3 aromatic carbocycles. The minimum Gasteiger partial charge on any atom is -0.462 e. The van der Waals surface area contributed by atoms with Crippen LogP contribution in [0.15, 0.2) is 81.1 Å². The van der Waals surface area contributed by atoms with Crippen LogP contribution >= 0.6 is 0 Å². The van der Waals surface area contributed by atoms with Gasteiger partial charge in [0.15, 0.2) is 0 Å². The number of benzene rings is 3. The molecule has 0 bridgehead atoms. The zero-order valence-electron chi connectivity index (χ0n) is 19.9. The summed E-state index contributed by atoms with van der Waals surface area (Å²) in [7, 11) is 0. The van der Waals surface area contributed by atoms with E-state index in [1.54, 1.807) is 31.2 Å². The van der Waals surface area contributed by atoms with E-state index in [1.807, 2.05) is 38.1 Å². The quantitative estimate of drug-likeness (QED) is 0.268. The Bertz CT molecular complexity index is 1190. The van der Waals surface area contributed by atoms with Gasteiger partial charge in [0, 0.05) is 18.8 Å². The summed E-state index contributed by atoms with van der Waals surface area (Å²) >= 11 is 0. The van der Waals surface area contributed by atoms with Crippen LogP contribution in [0.1, 0.15) is 41.3 Å². The molecule has 0 radical (unpaired) electrons. The molecule has 0 unspecified atom stereocenters. The predicted octanol–water partition coefficient (Wildman–Crippen LogP) is 7.91. The van der Waals surface area contributed by atoms with E-state index in [-0.39, 0.29) is 5.97 Å². The van der Waals surface area contributed by atoms with Gasteiger partial charge in [0.2, 0.25) is 0 Å². The van der Waals surface area contributed by atoms with E-state index in [9.17, 15) is 4.79 Å². The third-order valence-corrected chi connectivity index (χ3v) is 5.76. The lowest BCUT2D eigenvalue weighted by Gasteiger charge is -2.17. The largest absolute Gasteiger partial charge is 0.462 e. The lowest BCUT2D eigenvalue weighted by molar-refractivity contribution is 0.0526. The number of esters is 1. The lowest BCUT2D eigenvalue weighted by Crippen LogP contribution is -2.17. The number of azo groups is 2. The Morgan fingerprint density at radius 1 is 0.794 bits per heavy atom. The van der Waals surface area contributed by atoms with Gasteiger partial charge >= 0.3 is 5.97 Å². The maximum absolute atomic E-state index is 11.8. The Morgan fingerprint density at radius 2 is 1.29 bits per heavy atom. The number of rotatable bonds is 7. The summed E-state index contributed by atoms with van der Waals surface area (Å²) in [4.78, 5) is 14.2. The minimum atomic E-state index is -0.343. The van der Waals surface area contributed by atoms with Gasteiger partial charge in [-0.05, 0) is 105 Å². The molecule has 0 aliphatic carbocycles. The number of nitrogens with zero attached hydrogens (tertiary/aromatic N) is 5. The summed E-state index contributed by atoms with van der Waals surface area (Å²) in [6, 6.07) is 19.0. The van der Waals surface area contributed by atoms with Gasteiger partial charge in [0.05, 0.1) is 34.9 Å². The summed E-state index contributed by atoms with van der Waals surface area (Å²) in [5.74, 6) is -0.343. The molecule has 1 saturated heterocycles. The molecule has 1 heterocycles. The maximum atomic E-state index is 11.8. The average Bonchev–Trinajstić information content (AvgIpc) is 3.39. The first-order valence-corrected chi connectivity index (χ1v) is 11.6. The minimum absolute atomic E-state index is 0.343. The monoisotopic (exact) mass is 455 g/mol. The van der Waals surface area contributed by atoms with E-state index in [2.05, 4.69) is 37.5 Å². The van der Waals surface area contributed by atoms with Gasteiger partial charge in [-0.1, -0.05) is 0 Å². The highest BCUT2D eigenvalue weighted by atomic mass is 16.5. The Morgan fingerprint density at radius 3 is 1.79 bits per heavy atom. The van der Waals surface area contributed by atoms with E-state index in [0.29, 0.717) is 17.9 Å². The van der Waals surface area contributed by atoms with Gasteiger partial charge in [-0.25, -0.2) is 4.79 Å². The van der Waals surface area contributed by atoms with Crippen LogP contribution in [0.2, 0.25) is 0 Å². The van der Waals surface area contributed by atoms with Gasteiger partial charge in [-0.3, -0.25) is 0 Å². The highest BCUT2D eigenvalue weighted by molar-refractivity contribution is 5.89. The third-order valence-electron chi connectivity index (χ3n) is 5.76. The standard InChI is InChI=1S/C27H29N5O2/c1-4-34-27(33)21-7-9-22(10-8-21)28-30-25-17-20(3)26(18-19(25)2)31-29-23-11-13-24(14-12-23)32-15-5-6-16-32/h7-14,17-18H,4-6,15-16H2,1-3H3. The zero-order valence-corrected chi connectivity index (χ0v) is 19.9. The SMILES string of the molecule is CCOC(=O)c1ccc(N=Nc2cc(C)c(N=Nc3ccc(N4CCCC4)cc3)cc2C)cc1. The van der Waals surface area contributed by atoms with E-state index in [1.165, 1.54) is 18.5 Å². The van der Waals surface area contributed by atoms with Crippen LogP contribution in [0.5, 0.6) is 0 Å². The Labute approximate surface area is 200 Å². The number of aryl methyl sites for hydroxylation is 2. The van der Waals surface area contributed by atoms with E-state index in [4.69, 9.17) is 4.74 Å². The molecular weight excluding hydrogens is 426 g/mol. The van der Waals surface area contributed by atoms with E-state index < -0.39 is 0 Å². The fourth-order valence-electron chi connectivity index (χ4n) is 3.81. The molecule has 0 atom stereocenters. The molecule has 0 spiro atoms. The van der Waals surface area contributed by atoms with E-state index >= 15 is 0 Å². The van der Waals surface area contributed by atoms with Gasteiger partial charge in [-0.15, -0.1) is 0 Å².